The molecule has 1 atom stereocenters. The van der Waals surface area contributed by atoms with Gasteiger partial charge in [-0.1, -0.05) is 33.1 Å². The Morgan fingerprint density at radius 2 is 2.05 bits per heavy atom. The minimum atomic E-state index is -0.114. The Kier molecular flexibility index (Phi) is 5.26. The molecule has 1 amide bonds. The third-order valence-electron chi connectivity index (χ3n) is 5.14. The van der Waals surface area contributed by atoms with Gasteiger partial charge < -0.3 is 10.6 Å². The van der Waals surface area contributed by atoms with Crippen LogP contribution in [0.3, 0.4) is 0 Å². The first-order chi connectivity index (χ1) is 9.16. The Hall–Kier alpha value is -0.570. The predicted molar refractivity (Wildman–Crippen MR) is 79.0 cm³/mol. The number of hydrogen-bond acceptors (Lipinski definition) is 2. The predicted octanol–water partition coefficient (Wildman–Crippen LogP) is 2.71. The van der Waals surface area contributed by atoms with E-state index in [0.29, 0.717) is 11.8 Å². The van der Waals surface area contributed by atoms with Gasteiger partial charge in [0.1, 0.15) is 0 Å². The molecule has 1 aliphatic carbocycles. The zero-order valence-corrected chi connectivity index (χ0v) is 12.6. The minimum Gasteiger partial charge on any atom is -0.355 e. The second-order valence-corrected chi connectivity index (χ2v) is 6.79. The summed E-state index contributed by atoms with van der Waals surface area (Å²) < 4.78 is 0. The lowest BCUT2D eigenvalue weighted by Crippen LogP contribution is -2.44. The van der Waals surface area contributed by atoms with E-state index in [0.717, 1.165) is 44.8 Å². The lowest BCUT2D eigenvalue weighted by molar-refractivity contribution is -0.130. The van der Waals surface area contributed by atoms with Crippen LogP contribution in [-0.4, -0.2) is 25.5 Å². The molecule has 0 spiro atoms. The van der Waals surface area contributed by atoms with Gasteiger partial charge in [-0.3, -0.25) is 4.79 Å². The Morgan fingerprint density at radius 1 is 1.32 bits per heavy atom. The van der Waals surface area contributed by atoms with Gasteiger partial charge in [0.2, 0.25) is 5.91 Å². The third-order valence-corrected chi connectivity index (χ3v) is 5.14. The normalized spacial score (nSPS) is 35.3. The Morgan fingerprint density at radius 3 is 2.63 bits per heavy atom. The highest BCUT2D eigenvalue weighted by Crippen LogP contribution is 2.32. The molecule has 0 aromatic rings. The summed E-state index contributed by atoms with van der Waals surface area (Å²) in [6.07, 6.45) is 8.38. The molecule has 1 heterocycles. The van der Waals surface area contributed by atoms with E-state index in [-0.39, 0.29) is 5.41 Å². The number of carbonyl (C=O) groups excluding carboxylic acids is 1. The van der Waals surface area contributed by atoms with E-state index in [1.165, 1.54) is 25.7 Å². The molecule has 1 saturated carbocycles. The zero-order chi connectivity index (χ0) is 13.7. The molecule has 1 aliphatic heterocycles. The van der Waals surface area contributed by atoms with Gasteiger partial charge in [0, 0.05) is 13.1 Å². The van der Waals surface area contributed by atoms with E-state index in [1.54, 1.807) is 0 Å². The maximum Gasteiger partial charge on any atom is 0.227 e. The van der Waals surface area contributed by atoms with Gasteiger partial charge in [0.15, 0.2) is 0 Å². The van der Waals surface area contributed by atoms with Gasteiger partial charge in [-0.2, -0.15) is 0 Å². The smallest absolute Gasteiger partial charge is 0.227 e. The van der Waals surface area contributed by atoms with E-state index in [4.69, 9.17) is 0 Å². The Labute approximate surface area is 117 Å². The van der Waals surface area contributed by atoms with Crippen molar-refractivity contribution in [3.05, 3.63) is 0 Å². The van der Waals surface area contributed by atoms with Crippen LogP contribution in [0.5, 0.6) is 0 Å². The lowest BCUT2D eigenvalue weighted by atomic mass is 9.80. The van der Waals surface area contributed by atoms with E-state index in [9.17, 15) is 4.79 Å². The average Bonchev–Trinajstić information content (AvgIpc) is 2.88. The Balaban J connectivity index is 1.79. The van der Waals surface area contributed by atoms with Crippen molar-refractivity contribution in [3.8, 4) is 0 Å². The SMILES string of the molecule is CCCC1(C(=O)NCC2CCC(C)CC2)CCNC1. The first kappa shape index (κ1) is 14.8. The topological polar surface area (TPSA) is 41.1 Å². The fraction of sp³-hybridized carbons (Fsp3) is 0.938. The van der Waals surface area contributed by atoms with Crippen LogP contribution >= 0.6 is 0 Å². The van der Waals surface area contributed by atoms with Gasteiger partial charge in [0.05, 0.1) is 5.41 Å². The van der Waals surface area contributed by atoms with Crippen LogP contribution in [0.15, 0.2) is 0 Å². The van der Waals surface area contributed by atoms with Gasteiger partial charge in [-0.25, -0.2) is 0 Å². The van der Waals surface area contributed by atoms with Gasteiger partial charge in [-0.15, -0.1) is 0 Å². The third kappa shape index (κ3) is 3.71. The molecule has 3 heteroatoms. The molecular weight excluding hydrogens is 236 g/mol. The number of carbonyl (C=O) groups is 1. The summed E-state index contributed by atoms with van der Waals surface area (Å²) in [6.45, 7) is 7.28. The molecule has 2 N–H and O–H groups in total. The quantitative estimate of drug-likeness (QED) is 0.803. The zero-order valence-electron chi connectivity index (χ0n) is 12.6. The van der Waals surface area contributed by atoms with Crippen LogP contribution in [0, 0.1) is 17.3 Å². The summed E-state index contributed by atoms with van der Waals surface area (Å²) in [5.74, 6) is 1.91. The number of amides is 1. The first-order valence-electron chi connectivity index (χ1n) is 8.15. The highest BCUT2D eigenvalue weighted by atomic mass is 16.2. The molecule has 0 radical (unpaired) electrons. The second-order valence-electron chi connectivity index (χ2n) is 6.79. The van der Waals surface area contributed by atoms with Crippen molar-refractivity contribution in [1.82, 2.24) is 10.6 Å². The maximum atomic E-state index is 12.5. The number of hydrogen-bond donors (Lipinski definition) is 2. The molecule has 3 nitrogen and oxygen atoms in total. The van der Waals surface area contributed by atoms with Crippen LogP contribution < -0.4 is 10.6 Å². The number of nitrogens with one attached hydrogen (secondary N) is 2. The highest BCUT2D eigenvalue weighted by molar-refractivity contribution is 5.83. The number of rotatable bonds is 5. The van der Waals surface area contributed by atoms with Crippen LogP contribution in [0.1, 0.15) is 58.8 Å². The molecule has 2 rings (SSSR count). The minimum absolute atomic E-state index is 0.114. The van der Waals surface area contributed by atoms with Gasteiger partial charge in [-0.05, 0) is 44.1 Å². The van der Waals surface area contributed by atoms with Gasteiger partial charge in [0.25, 0.3) is 0 Å². The van der Waals surface area contributed by atoms with Gasteiger partial charge >= 0.3 is 0 Å². The molecular formula is C16H30N2O. The molecule has 0 bridgehead atoms. The van der Waals surface area contributed by atoms with E-state index >= 15 is 0 Å². The van der Waals surface area contributed by atoms with Crippen molar-refractivity contribution in [2.45, 2.75) is 58.8 Å². The molecule has 2 aliphatic rings. The monoisotopic (exact) mass is 266 g/mol. The lowest BCUT2D eigenvalue weighted by Gasteiger charge is -2.30. The molecule has 1 saturated heterocycles. The average molecular weight is 266 g/mol. The van der Waals surface area contributed by atoms with Crippen molar-refractivity contribution in [2.24, 2.45) is 17.3 Å². The largest absolute Gasteiger partial charge is 0.355 e. The van der Waals surface area contributed by atoms with Crippen LogP contribution in [0.25, 0.3) is 0 Å². The van der Waals surface area contributed by atoms with Crippen LogP contribution in [0.2, 0.25) is 0 Å². The summed E-state index contributed by atoms with van der Waals surface area (Å²) in [6, 6.07) is 0. The Bertz CT molecular complexity index is 289. The fourth-order valence-corrected chi connectivity index (χ4v) is 3.70. The molecule has 2 fully saturated rings. The van der Waals surface area contributed by atoms with E-state index in [1.807, 2.05) is 0 Å². The molecule has 0 aromatic heterocycles. The summed E-state index contributed by atoms with van der Waals surface area (Å²) in [5, 5.41) is 6.62. The summed E-state index contributed by atoms with van der Waals surface area (Å²) in [4.78, 5) is 12.5. The first-order valence-corrected chi connectivity index (χ1v) is 8.15. The second kappa shape index (κ2) is 6.74. The summed E-state index contributed by atoms with van der Waals surface area (Å²) in [5.41, 5.74) is -0.114. The van der Waals surface area contributed by atoms with Crippen molar-refractivity contribution >= 4 is 5.91 Å². The van der Waals surface area contributed by atoms with Crippen LogP contribution in [0.4, 0.5) is 0 Å². The van der Waals surface area contributed by atoms with Crippen molar-refractivity contribution in [2.75, 3.05) is 19.6 Å². The van der Waals surface area contributed by atoms with Crippen molar-refractivity contribution < 1.29 is 4.79 Å². The molecule has 110 valence electrons. The molecule has 1 unspecified atom stereocenters. The summed E-state index contributed by atoms with van der Waals surface area (Å²) in [7, 11) is 0. The molecule has 0 aromatic carbocycles. The van der Waals surface area contributed by atoms with E-state index < -0.39 is 0 Å². The highest BCUT2D eigenvalue weighted by Gasteiger charge is 2.40. The van der Waals surface area contributed by atoms with E-state index in [2.05, 4.69) is 24.5 Å². The molecule has 19 heavy (non-hydrogen) atoms. The fourth-order valence-electron chi connectivity index (χ4n) is 3.70. The van der Waals surface area contributed by atoms with Crippen molar-refractivity contribution in [3.63, 3.8) is 0 Å². The maximum absolute atomic E-state index is 12.5. The van der Waals surface area contributed by atoms with Crippen molar-refractivity contribution in [1.29, 1.82) is 0 Å². The standard InChI is InChI=1S/C16H30N2O/c1-3-8-16(9-10-17-12-16)15(19)18-11-14-6-4-13(2)5-7-14/h13-14,17H,3-12H2,1-2H3,(H,18,19). The van der Waals surface area contributed by atoms with Crippen LogP contribution in [-0.2, 0) is 4.79 Å². The summed E-state index contributed by atoms with van der Waals surface area (Å²) >= 11 is 0.